The molecule has 96 valence electrons. The number of hydrogen-bond acceptors (Lipinski definition) is 6. The molecule has 0 aliphatic carbocycles. The number of hydrogen-bond donors (Lipinski definition) is 3. The molecule has 3 N–H and O–H groups in total. The monoisotopic (exact) mass is 251 g/mol. The standard InChI is InChI=1S/C11H13N3O4/c1-2-18-11(17)9(16)8(15)7-5-13-10-6(14-7)3-4-12-10/h3-5,8-9,15-16H,2H2,1H3,(H,12,13). The molecule has 0 amide bonds. The molecule has 0 bridgehead atoms. The van der Waals surface area contributed by atoms with Crippen molar-refractivity contribution in [2.75, 3.05) is 6.61 Å². The van der Waals surface area contributed by atoms with E-state index in [1.807, 2.05) is 0 Å². The lowest BCUT2D eigenvalue weighted by molar-refractivity contribution is -0.159. The highest BCUT2D eigenvalue weighted by Crippen LogP contribution is 2.17. The Kier molecular flexibility index (Phi) is 3.54. The molecule has 0 saturated carbocycles. The first-order chi connectivity index (χ1) is 8.63. The molecule has 2 rings (SSSR count). The van der Waals surface area contributed by atoms with E-state index in [2.05, 4.69) is 19.7 Å². The van der Waals surface area contributed by atoms with Crippen molar-refractivity contribution in [3.05, 3.63) is 24.2 Å². The first-order valence-electron chi connectivity index (χ1n) is 5.46. The number of nitrogens with zero attached hydrogens (tertiary/aromatic N) is 2. The first kappa shape index (κ1) is 12.5. The second kappa shape index (κ2) is 5.11. The van der Waals surface area contributed by atoms with Crippen LogP contribution in [-0.2, 0) is 9.53 Å². The lowest BCUT2D eigenvalue weighted by Crippen LogP contribution is -2.30. The van der Waals surface area contributed by atoms with Crippen molar-refractivity contribution in [1.29, 1.82) is 0 Å². The van der Waals surface area contributed by atoms with Gasteiger partial charge in [-0.25, -0.2) is 14.8 Å². The summed E-state index contributed by atoms with van der Waals surface area (Å²) in [4.78, 5) is 22.2. The molecule has 0 aliphatic rings. The van der Waals surface area contributed by atoms with Gasteiger partial charge in [0.15, 0.2) is 11.8 Å². The number of aliphatic hydroxyl groups is 2. The molecule has 0 radical (unpaired) electrons. The predicted octanol–water partition coefficient (Wildman–Crippen LogP) is -0.0847. The van der Waals surface area contributed by atoms with E-state index in [-0.39, 0.29) is 12.3 Å². The molecule has 0 spiro atoms. The number of rotatable bonds is 4. The Morgan fingerprint density at radius 2 is 2.33 bits per heavy atom. The third-order valence-corrected chi connectivity index (χ3v) is 2.41. The number of ether oxygens (including phenoxy) is 1. The van der Waals surface area contributed by atoms with E-state index in [0.29, 0.717) is 11.2 Å². The average Bonchev–Trinajstić information content (AvgIpc) is 2.84. The minimum atomic E-state index is -1.67. The normalized spacial score (nSPS) is 14.4. The van der Waals surface area contributed by atoms with Crippen LogP contribution >= 0.6 is 0 Å². The van der Waals surface area contributed by atoms with Crippen molar-refractivity contribution in [3.8, 4) is 0 Å². The molecular weight excluding hydrogens is 238 g/mol. The van der Waals surface area contributed by atoms with Crippen LogP contribution in [0.4, 0.5) is 0 Å². The maximum absolute atomic E-state index is 11.3. The number of fused-ring (bicyclic) bond motifs is 1. The SMILES string of the molecule is CCOC(=O)C(O)C(O)c1cnc2[nH]ccc2n1. The molecule has 7 heteroatoms. The van der Waals surface area contributed by atoms with Gasteiger partial charge in [0, 0.05) is 6.20 Å². The van der Waals surface area contributed by atoms with E-state index in [4.69, 9.17) is 0 Å². The summed E-state index contributed by atoms with van der Waals surface area (Å²) < 4.78 is 4.62. The van der Waals surface area contributed by atoms with Gasteiger partial charge in [-0.1, -0.05) is 0 Å². The molecule has 0 saturated heterocycles. The summed E-state index contributed by atoms with van der Waals surface area (Å²) in [6.45, 7) is 1.74. The quantitative estimate of drug-likeness (QED) is 0.656. The van der Waals surface area contributed by atoms with Gasteiger partial charge in [-0.3, -0.25) is 0 Å². The highest BCUT2D eigenvalue weighted by Gasteiger charge is 2.28. The van der Waals surface area contributed by atoms with Crippen LogP contribution in [0, 0.1) is 0 Å². The maximum Gasteiger partial charge on any atom is 0.338 e. The molecule has 2 unspecified atom stereocenters. The molecule has 2 heterocycles. The number of aromatic amines is 1. The zero-order chi connectivity index (χ0) is 13.1. The van der Waals surface area contributed by atoms with Crippen LogP contribution in [-0.4, -0.2) is 43.8 Å². The fourth-order valence-corrected chi connectivity index (χ4v) is 1.51. The molecule has 2 aromatic heterocycles. The van der Waals surface area contributed by atoms with Gasteiger partial charge in [0.05, 0.1) is 18.5 Å². The molecule has 2 aromatic rings. The number of esters is 1. The lowest BCUT2D eigenvalue weighted by Gasteiger charge is -2.15. The van der Waals surface area contributed by atoms with E-state index >= 15 is 0 Å². The minimum Gasteiger partial charge on any atom is -0.464 e. The van der Waals surface area contributed by atoms with Crippen LogP contribution in [0.25, 0.3) is 11.2 Å². The van der Waals surface area contributed by atoms with Gasteiger partial charge in [-0.2, -0.15) is 0 Å². The maximum atomic E-state index is 11.3. The predicted molar refractivity (Wildman–Crippen MR) is 61.5 cm³/mol. The second-order valence-electron chi connectivity index (χ2n) is 3.65. The van der Waals surface area contributed by atoms with Gasteiger partial charge in [0.1, 0.15) is 11.6 Å². The molecule has 0 fully saturated rings. The van der Waals surface area contributed by atoms with E-state index in [0.717, 1.165) is 0 Å². The highest BCUT2D eigenvalue weighted by atomic mass is 16.5. The molecule has 18 heavy (non-hydrogen) atoms. The Bertz CT molecular complexity index is 554. The molecule has 0 aliphatic heterocycles. The average molecular weight is 251 g/mol. The van der Waals surface area contributed by atoms with Crippen LogP contribution in [0.15, 0.2) is 18.5 Å². The minimum absolute atomic E-state index is 0.114. The topological polar surface area (TPSA) is 108 Å². The summed E-state index contributed by atoms with van der Waals surface area (Å²) >= 11 is 0. The number of H-pyrrole nitrogens is 1. The summed E-state index contributed by atoms with van der Waals surface area (Å²) in [7, 11) is 0. The first-order valence-corrected chi connectivity index (χ1v) is 5.46. The summed E-state index contributed by atoms with van der Waals surface area (Å²) in [5.74, 6) is -0.888. The van der Waals surface area contributed by atoms with Crippen molar-refractivity contribution in [2.45, 2.75) is 19.1 Å². The Balaban J connectivity index is 2.21. The Hall–Kier alpha value is -1.99. The van der Waals surface area contributed by atoms with E-state index < -0.39 is 18.2 Å². The van der Waals surface area contributed by atoms with E-state index in [1.54, 1.807) is 19.2 Å². The summed E-state index contributed by atoms with van der Waals surface area (Å²) in [6, 6.07) is 1.68. The third-order valence-electron chi connectivity index (χ3n) is 2.41. The van der Waals surface area contributed by atoms with Crippen molar-refractivity contribution in [3.63, 3.8) is 0 Å². The lowest BCUT2D eigenvalue weighted by atomic mass is 10.1. The van der Waals surface area contributed by atoms with Crippen LogP contribution in [0.3, 0.4) is 0 Å². The van der Waals surface area contributed by atoms with Crippen LogP contribution in [0.2, 0.25) is 0 Å². The van der Waals surface area contributed by atoms with E-state index in [9.17, 15) is 15.0 Å². The van der Waals surface area contributed by atoms with Crippen LogP contribution < -0.4 is 0 Å². The van der Waals surface area contributed by atoms with E-state index in [1.165, 1.54) is 6.20 Å². The Labute approximate surface area is 102 Å². The number of aliphatic hydroxyl groups excluding tert-OH is 2. The molecule has 2 atom stereocenters. The fourth-order valence-electron chi connectivity index (χ4n) is 1.51. The molecule has 7 nitrogen and oxygen atoms in total. The zero-order valence-electron chi connectivity index (χ0n) is 9.70. The van der Waals surface area contributed by atoms with Crippen molar-refractivity contribution in [1.82, 2.24) is 15.0 Å². The molecule has 0 aromatic carbocycles. The summed E-state index contributed by atoms with van der Waals surface area (Å²) in [5.41, 5.74) is 1.22. The van der Waals surface area contributed by atoms with Gasteiger partial charge < -0.3 is 19.9 Å². The number of aromatic nitrogens is 3. The smallest absolute Gasteiger partial charge is 0.338 e. The Morgan fingerprint density at radius 3 is 3.06 bits per heavy atom. The van der Waals surface area contributed by atoms with Crippen LogP contribution in [0.1, 0.15) is 18.7 Å². The number of carbonyl (C=O) groups is 1. The fraction of sp³-hybridized carbons (Fsp3) is 0.364. The van der Waals surface area contributed by atoms with Crippen LogP contribution in [0.5, 0.6) is 0 Å². The largest absolute Gasteiger partial charge is 0.464 e. The van der Waals surface area contributed by atoms with Gasteiger partial charge in [0.2, 0.25) is 0 Å². The summed E-state index contributed by atoms with van der Waals surface area (Å²) in [5, 5.41) is 19.4. The second-order valence-corrected chi connectivity index (χ2v) is 3.65. The zero-order valence-corrected chi connectivity index (χ0v) is 9.70. The highest BCUT2D eigenvalue weighted by molar-refractivity contribution is 5.75. The Morgan fingerprint density at radius 1 is 1.56 bits per heavy atom. The third kappa shape index (κ3) is 2.31. The van der Waals surface area contributed by atoms with Crippen molar-refractivity contribution >= 4 is 17.1 Å². The summed E-state index contributed by atoms with van der Waals surface area (Å²) in [6.07, 6.45) is -0.180. The number of nitrogens with one attached hydrogen (secondary N) is 1. The van der Waals surface area contributed by atoms with Gasteiger partial charge in [-0.05, 0) is 13.0 Å². The van der Waals surface area contributed by atoms with Crippen molar-refractivity contribution < 1.29 is 19.7 Å². The van der Waals surface area contributed by atoms with Gasteiger partial charge >= 0.3 is 5.97 Å². The molecular formula is C11H13N3O4. The van der Waals surface area contributed by atoms with Gasteiger partial charge in [0.25, 0.3) is 0 Å². The number of carbonyl (C=O) groups excluding carboxylic acids is 1. The van der Waals surface area contributed by atoms with Gasteiger partial charge in [-0.15, -0.1) is 0 Å². The van der Waals surface area contributed by atoms with Crippen molar-refractivity contribution in [2.24, 2.45) is 0 Å².